The van der Waals surface area contributed by atoms with Gasteiger partial charge in [0.15, 0.2) is 0 Å². The number of amides is 2. The van der Waals surface area contributed by atoms with Crippen LogP contribution in [-0.2, 0) is 22.4 Å². The molecule has 2 heterocycles. The van der Waals surface area contributed by atoms with E-state index >= 15 is 0 Å². The number of carbonyl (C=O) groups excluding carboxylic acids is 2. The Morgan fingerprint density at radius 3 is 2.62 bits per heavy atom. The van der Waals surface area contributed by atoms with Gasteiger partial charge in [0.1, 0.15) is 15.7 Å². The van der Waals surface area contributed by atoms with Crippen molar-refractivity contribution < 1.29 is 9.59 Å². The molecule has 3 rings (SSSR count). The largest absolute Gasteiger partial charge is 0.273 e. The summed E-state index contributed by atoms with van der Waals surface area (Å²) in [7, 11) is 0. The molecule has 2 amide bonds. The molecule has 0 fully saturated rings. The number of nitrogens with one attached hydrogen (secondary N) is 2. The van der Waals surface area contributed by atoms with Crippen molar-refractivity contribution in [2.75, 3.05) is 5.75 Å². The summed E-state index contributed by atoms with van der Waals surface area (Å²) in [4.78, 5) is 35.3. The lowest BCUT2D eigenvalue weighted by Crippen LogP contribution is -2.42. The highest BCUT2D eigenvalue weighted by molar-refractivity contribution is 8.00. The van der Waals surface area contributed by atoms with E-state index in [0.29, 0.717) is 6.42 Å². The quantitative estimate of drug-likeness (QED) is 0.463. The third kappa shape index (κ3) is 4.17. The SMILES string of the molecule is CCC(=O)NNC(=O)CSc1nc(C(C)C)nc2sc3c(c12)CCCC3. The maximum atomic E-state index is 12.0. The van der Waals surface area contributed by atoms with Crippen LogP contribution < -0.4 is 10.9 Å². The third-order valence-electron chi connectivity index (χ3n) is 4.32. The molecule has 1 aliphatic carbocycles. The fourth-order valence-corrected chi connectivity index (χ4v) is 5.10. The molecular formula is C18H24N4O2S2. The minimum absolute atomic E-state index is 0.207. The summed E-state index contributed by atoms with van der Waals surface area (Å²) in [6.45, 7) is 5.90. The van der Waals surface area contributed by atoms with Gasteiger partial charge in [0, 0.05) is 22.6 Å². The van der Waals surface area contributed by atoms with Gasteiger partial charge in [0.25, 0.3) is 0 Å². The summed E-state index contributed by atoms with van der Waals surface area (Å²) >= 11 is 3.19. The predicted molar refractivity (Wildman–Crippen MR) is 105 cm³/mol. The minimum Gasteiger partial charge on any atom is -0.273 e. The van der Waals surface area contributed by atoms with Crippen molar-refractivity contribution in [3.63, 3.8) is 0 Å². The molecule has 0 radical (unpaired) electrons. The van der Waals surface area contributed by atoms with Gasteiger partial charge >= 0.3 is 0 Å². The lowest BCUT2D eigenvalue weighted by molar-refractivity contribution is -0.127. The maximum Gasteiger partial charge on any atom is 0.248 e. The predicted octanol–water partition coefficient (Wildman–Crippen LogP) is 3.34. The van der Waals surface area contributed by atoms with Crippen LogP contribution in [0.4, 0.5) is 0 Å². The Hall–Kier alpha value is -1.67. The highest BCUT2D eigenvalue weighted by Crippen LogP contribution is 2.40. The first-order chi connectivity index (χ1) is 12.5. The van der Waals surface area contributed by atoms with Crippen LogP contribution in [0.1, 0.15) is 62.2 Å². The second kappa shape index (κ2) is 8.35. The summed E-state index contributed by atoms with van der Waals surface area (Å²) in [5.41, 5.74) is 6.21. The van der Waals surface area contributed by atoms with E-state index in [2.05, 4.69) is 24.7 Å². The number of hydrogen-bond donors (Lipinski definition) is 2. The molecule has 140 valence electrons. The van der Waals surface area contributed by atoms with Gasteiger partial charge in [-0.05, 0) is 31.2 Å². The van der Waals surface area contributed by atoms with Crippen molar-refractivity contribution in [3.8, 4) is 0 Å². The van der Waals surface area contributed by atoms with E-state index in [0.717, 1.165) is 33.9 Å². The number of hydrogen-bond acceptors (Lipinski definition) is 6. The monoisotopic (exact) mass is 392 g/mol. The molecule has 0 unspecified atom stereocenters. The van der Waals surface area contributed by atoms with Crippen LogP contribution in [0.5, 0.6) is 0 Å². The van der Waals surface area contributed by atoms with E-state index < -0.39 is 0 Å². The van der Waals surface area contributed by atoms with Crippen molar-refractivity contribution in [2.45, 2.75) is 63.8 Å². The lowest BCUT2D eigenvalue weighted by atomic mass is 9.97. The Bertz CT molecular complexity index is 832. The number of rotatable bonds is 5. The number of carbonyl (C=O) groups is 2. The first kappa shape index (κ1) is 19.1. The van der Waals surface area contributed by atoms with Gasteiger partial charge < -0.3 is 0 Å². The number of hydrazine groups is 1. The van der Waals surface area contributed by atoms with Gasteiger partial charge in [-0.3, -0.25) is 20.4 Å². The summed E-state index contributed by atoms with van der Waals surface area (Å²) in [6.07, 6.45) is 4.93. The van der Waals surface area contributed by atoms with Gasteiger partial charge in [-0.15, -0.1) is 11.3 Å². The Morgan fingerprint density at radius 2 is 1.88 bits per heavy atom. The zero-order chi connectivity index (χ0) is 18.7. The molecule has 0 spiro atoms. The lowest BCUT2D eigenvalue weighted by Gasteiger charge is -2.13. The van der Waals surface area contributed by atoms with E-state index in [9.17, 15) is 9.59 Å². The van der Waals surface area contributed by atoms with Crippen LogP contribution in [0.25, 0.3) is 10.2 Å². The highest BCUT2D eigenvalue weighted by Gasteiger charge is 2.22. The van der Waals surface area contributed by atoms with Crippen LogP contribution in [0.15, 0.2) is 5.03 Å². The average Bonchev–Trinajstić information content (AvgIpc) is 3.02. The minimum atomic E-state index is -0.237. The van der Waals surface area contributed by atoms with Crippen molar-refractivity contribution in [3.05, 3.63) is 16.3 Å². The molecule has 0 saturated carbocycles. The van der Waals surface area contributed by atoms with Crippen molar-refractivity contribution in [2.24, 2.45) is 0 Å². The molecular weight excluding hydrogens is 368 g/mol. The molecule has 26 heavy (non-hydrogen) atoms. The van der Waals surface area contributed by atoms with Gasteiger partial charge in [0.05, 0.1) is 5.75 Å². The molecule has 1 aliphatic rings. The Balaban J connectivity index is 1.84. The van der Waals surface area contributed by atoms with Gasteiger partial charge in [0.2, 0.25) is 11.8 Å². The van der Waals surface area contributed by atoms with E-state index in [4.69, 9.17) is 9.97 Å². The van der Waals surface area contributed by atoms with E-state index in [1.54, 1.807) is 18.3 Å². The molecule has 2 aromatic heterocycles. The summed E-state index contributed by atoms with van der Waals surface area (Å²) in [6, 6.07) is 0. The van der Waals surface area contributed by atoms with Crippen LogP contribution in [0.3, 0.4) is 0 Å². The topological polar surface area (TPSA) is 84.0 Å². The van der Waals surface area contributed by atoms with Crippen LogP contribution in [-0.4, -0.2) is 27.5 Å². The second-order valence-electron chi connectivity index (χ2n) is 6.67. The van der Waals surface area contributed by atoms with E-state index in [1.165, 1.54) is 35.0 Å². The molecule has 2 N–H and O–H groups in total. The molecule has 0 bridgehead atoms. The molecule has 0 aliphatic heterocycles. The Labute approximate surface area is 161 Å². The number of thioether (sulfide) groups is 1. The number of aromatic nitrogens is 2. The maximum absolute atomic E-state index is 12.0. The van der Waals surface area contributed by atoms with Crippen molar-refractivity contribution >= 4 is 45.1 Å². The fraction of sp³-hybridized carbons (Fsp3) is 0.556. The van der Waals surface area contributed by atoms with Gasteiger partial charge in [-0.1, -0.05) is 32.5 Å². The Kier molecular flexibility index (Phi) is 6.13. The third-order valence-corrected chi connectivity index (χ3v) is 6.48. The molecule has 0 aromatic carbocycles. The number of fused-ring (bicyclic) bond motifs is 3. The van der Waals surface area contributed by atoms with E-state index in [-0.39, 0.29) is 23.5 Å². The van der Waals surface area contributed by atoms with Crippen LogP contribution >= 0.6 is 23.1 Å². The number of nitrogens with zero attached hydrogens (tertiary/aromatic N) is 2. The normalized spacial score (nSPS) is 13.7. The molecule has 6 nitrogen and oxygen atoms in total. The van der Waals surface area contributed by atoms with E-state index in [1.807, 2.05) is 0 Å². The standard InChI is InChI=1S/C18H24N4O2S2/c1-4-13(23)21-22-14(24)9-25-17-15-11-7-5-6-8-12(11)26-18(15)20-16(19-17)10(2)3/h10H,4-9H2,1-3H3,(H,21,23)(H,22,24). The zero-order valence-electron chi connectivity index (χ0n) is 15.3. The summed E-state index contributed by atoms with van der Waals surface area (Å²) < 4.78 is 0. The Morgan fingerprint density at radius 1 is 1.15 bits per heavy atom. The smallest absolute Gasteiger partial charge is 0.248 e. The van der Waals surface area contributed by atoms with Gasteiger partial charge in [-0.2, -0.15) is 0 Å². The van der Waals surface area contributed by atoms with Crippen LogP contribution in [0, 0.1) is 0 Å². The average molecular weight is 393 g/mol. The van der Waals surface area contributed by atoms with Crippen molar-refractivity contribution in [1.82, 2.24) is 20.8 Å². The van der Waals surface area contributed by atoms with Gasteiger partial charge in [-0.25, -0.2) is 9.97 Å². The molecule has 8 heteroatoms. The molecule has 0 atom stereocenters. The van der Waals surface area contributed by atoms with Crippen LogP contribution in [0.2, 0.25) is 0 Å². The molecule has 0 saturated heterocycles. The number of thiophene rings is 1. The summed E-state index contributed by atoms with van der Waals surface area (Å²) in [5, 5.41) is 2.01. The number of aryl methyl sites for hydroxylation is 2. The summed E-state index contributed by atoms with van der Waals surface area (Å²) in [5.74, 6) is 0.813. The first-order valence-electron chi connectivity index (χ1n) is 9.02. The highest BCUT2D eigenvalue weighted by atomic mass is 32.2. The fourth-order valence-electron chi connectivity index (χ4n) is 2.90. The molecule has 2 aromatic rings. The van der Waals surface area contributed by atoms with Crippen molar-refractivity contribution in [1.29, 1.82) is 0 Å². The first-order valence-corrected chi connectivity index (χ1v) is 10.8. The zero-order valence-corrected chi connectivity index (χ0v) is 17.0. The second-order valence-corrected chi connectivity index (χ2v) is 8.72.